The first-order valence-corrected chi connectivity index (χ1v) is 34.6. The summed E-state index contributed by atoms with van der Waals surface area (Å²) in [7, 11) is 1.54. The zero-order valence-corrected chi connectivity index (χ0v) is 53.9. The fraction of sp³-hybridized carbons (Fsp3) is 0.681. The van der Waals surface area contributed by atoms with E-state index in [-0.39, 0.29) is 19.1 Å². The molecule has 0 fully saturated rings. The minimum atomic E-state index is -4.37. The number of phosphoric acid groups is 1. The van der Waals surface area contributed by atoms with Gasteiger partial charge in [-0.2, -0.15) is 0 Å². The van der Waals surface area contributed by atoms with E-state index in [1.165, 1.54) is 148 Å². The van der Waals surface area contributed by atoms with E-state index in [1.807, 2.05) is 27.2 Å². The summed E-state index contributed by atoms with van der Waals surface area (Å²) in [6, 6.07) is -0.874. The lowest BCUT2D eigenvalue weighted by Crippen LogP contribution is -2.45. The number of phosphoric ester groups is 1. The van der Waals surface area contributed by atoms with Crippen LogP contribution in [0.1, 0.15) is 264 Å². The molecule has 0 aliphatic heterocycles. The van der Waals surface area contributed by atoms with E-state index in [0.29, 0.717) is 17.4 Å². The second-order valence-electron chi connectivity index (χ2n) is 23.1. The molecule has 0 aromatic carbocycles. The summed E-state index contributed by atoms with van der Waals surface area (Å²) >= 11 is 0. The molecule has 3 atom stereocenters. The van der Waals surface area contributed by atoms with Crippen LogP contribution in [0.25, 0.3) is 0 Å². The molecule has 0 bridgehead atoms. The van der Waals surface area contributed by atoms with Crippen molar-refractivity contribution in [2.75, 3.05) is 40.9 Å². The monoisotopic (exact) mass is 1150 g/mol. The van der Waals surface area contributed by atoms with E-state index in [2.05, 4.69) is 141 Å². The Morgan fingerprint density at radius 2 is 0.753 bits per heavy atom. The Kier molecular flexibility index (Phi) is 58.7. The first-order valence-electron chi connectivity index (χ1n) is 33.1. The second-order valence-corrected chi connectivity index (χ2v) is 24.6. The van der Waals surface area contributed by atoms with Crippen LogP contribution in [0, 0.1) is 0 Å². The zero-order chi connectivity index (χ0) is 59.1. The van der Waals surface area contributed by atoms with Crippen LogP contribution in [-0.4, -0.2) is 73.4 Å². The Bertz CT molecular complexity index is 1780. The summed E-state index contributed by atoms with van der Waals surface area (Å²) in [5.41, 5.74) is 0. The fourth-order valence-corrected chi connectivity index (χ4v) is 9.73. The van der Waals surface area contributed by atoms with Gasteiger partial charge in [0.15, 0.2) is 0 Å². The number of hydrogen-bond donors (Lipinski definition) is 3. The standard InChI is InChI=1S/C72H125N2O6P/c1-6-8-10-12-14-16-18-20-22-24-26-28-29-30-31-32-33-34-35-36-37-38-39-40-41-42-43-44-45-46-48-50-52-54-56-58-60-62-64-66-72(76)73-70(69-80-81(77,78)79-68-67-74(3,4)5)71(75)65-63-61-59-57-55-53-51-49-47-27-25-23-21-19-17-15-13-11-9-7-2/h8,10,14,16,20,22,26,28,30-31,33-34,36-37,39-40,42-43,55,57,63,65,70-71,75H,6-7,9,11-13,15,17-19,21,23-25,27,29,32,35,38,41,44-54,56,58-62,64,66-69H2,1-5H3,(H-,73,76,77,78)/p+1/b10-8-,16-14-,22-20-,28-26-,31-30-,34-33-,37-36-,40-39-,43-42-,57-55+,65-63+. The van der Waals surface area contributed by atoms with E-state index in [1.54, 1.807) is 6.08 Å². The van der Waals surface area contributed by atoms with Gasteiger partial charge in [0.25, 0.3) is 0 Å². The van der Waals surface area contributed by atoms with E-state index >= 15 is 0 Å². The van der Waals surface area contributed by atoms with Gasteiger partial charge >= 0.3 is 7.82 Å². The third-order valence-corrected chi connectivity index (χ3v) is 15.1. The SMILES string of the molecule is CC/C=C\C/C=C\C/C=C\C/C=C\C/C=C\C/C=C\C/C=C\C/C=C\C/C=C\CCCCCCCCCCCCCC(=O)NC(COP(=O)(O)OCC[N+](C)(C)C)C(O)/C=C/CC/C=C/CCCCCCCCCCCCCCCC. The Hall–Kier alpha value is -3.36. The van der Waals surface area contributed by atoms with Crippen molar-refractivity contribution in [3.63, 3.8) is 0 Å². The van der Waals surface area contributed by atoms with E-state index in [9.17, 15) is 19.4 Å². The van der Waals surface area contributed by atoms with Crippen LogP contribution < -0.4 is 5.32 Å². The van der Waals surface area contributed by atoms with Crippen molar-refractivity contribution in [2.24, 2.45) is 0 Å². The van der Waals surface area contributed by atoms with Crippen LogP contribution in [0.5, 0.6) is 0 Å². The lowest BCUT2D eigenvalue weighted by atomic mass is 10.0. The van der Waals surface area contributed by atoms with Crippen LogP contribution in [0.2, 0.25) is 0 Å². The van der Waals surface area contributed by atoms with Crippen LogP contribution >= 0.6 is 7.82 Å². The molecule has 0 aliphatic carbocycles. The number of amides is 1. The van der Waals surface area contributed by atoms with Crippen molar-refractivity contribution in [1.29, 1.82) is 0 Å². The first kappa shape index (κ1) is 77.6. The summed E-state index contributed by atoms with van der Waals surface area (Å²) in [6.07, 6.45) is 92.9. The largest absolute Gasteiger partial charge is 0.472 e. The number of carbonyl (C=O) groups excluding carboxylic acids is 1. The second kappa shape index (κ2) is 61.2. The Labute approximate surface area is 500 Å². The van der Waals surface area contributed by atoms with E-state index in [4.69, 9.17) is 9.05 Å². The van der Waals surface area contributed by atoms with Gasteiger partial charge in [-0.1, -0.05) is 289 Å². The predicted octanol–water partition coefficient (Wildman–Crippen LogP) is 21.0. The number of unbranched alkanes of at least 4 members (excludes halogenated alkanes) is 26. The number of quaternary nitrogens is 1. The van der Waals surface area contributed by atoms with Crippen LogP contribution in [0.4, 0.5) is 0 Å². The molecular formula is C72H126N2O6P+. The molecule has 0 aliphatic rings. The Morgan fingerprint density at radius 3 is 1.14 bits per heavy atom. The van der Waals surface area contributed by atoms with E-state index < -0.39 is 20.0 Å². The average Bonchev–Trinajstić information content (AvgIpc) is 3.43. The lowest BCUT2D eigenvalue weighted by molar-refractivity contribution is -0.870. The summed E-state index contributed by atoms with van der Waals surface area (Å²) in [5, 5.41) is 13.9. The van der Waals surface area contributed by atoms with Gasteiger partial charge in [0.1, 0.15) is 13.2 Å². The quantitative estimate of drug-likeness (QED) is 0.0243. The van der Waals surface area contributed by atoms with Gasteiger partial charge in [0, 0.05) is 6.42 Å². The number of aliphatic hydroxyl groups excluding tert-OH is 1. The summed E-state index contributed by atoms with van der Waals surface area (Å²) in [6.45, 7) is 4.68. The lowest BCUT2D eigenvalue weighted by Gasteiger charge is -2.25. The van der Waals surface area contributed by atoms with Crippen molar-refractivity contribution < 1.29 is 32.9 Å². The molecule has 0 aromatic rings. The topological polar surface area (TPSA) is 105 Å². The molecule has 0 heterocycles. The number of nitrogens with one attached hydrogen (secondary N) is 1. The van der Waals surface area contributed by atoms with Crippen molar-refractivity contribution in [1.82, 2.24) is 5.32 Å². The van der Waals surface area contributed by atoms with Crippen LogP contribution in [0.15, 0.2) is 134 Å². The minimum absolute atomic E-state index is 0.0501. The smallest absolute Gasteiger partial charge is 0.387 e. The van der Waals surface area contributed by atoms with Gasteiger partial charge in [0.05, 0.1) is 39.9 Å². The Balaban J connectivity index is 4.15. The maximum absolute atomic E-state index is 13.0. The van der Waals surface area contributed by atoms with E-state index in [0.717, 1.165) is 96.3 Å². The Morgan fingerprint density at radius 1 is 0.432 bits per heavy atom. The number of aliphatic hydroxyl groups is 1. The molecule has 3 N–H and O–H groups in total. The number of likely N-dealkylation sites (N-methyl/N-ethyl adjacent to an activating group) is 1. The molecule has 464 valence electrons. The van der Waals surface area contributed by atoms with Crippen molar-refractivity contribution in [3.8, 4) is 0 Å². The maximum Gasteiger partial charge on any atom is 0.472 e. The molecule has 1 amide bonds. The summed E-state index contributed by atoms with van der Waals surface area (Å²) in [4.78, 5) is 23.4. The van der Waals surface area contributed by atoms with Gasteiger partial charge in [0.2, 0.25) is 5.91 Å². The molecule has 0 saturated carbocycles. The van der Waals surface area contributed by atoms with Gasteiger partial charge in [-0.25, -0.2) is 4.57 Å². The predicted molar refractivity (Wildman–Crippen MR) is 355 cm³/mol. The van der Waals surface area contributed by atoms with Gasteiger partial charge in [-0.05, 0) is 103 Å². The third kappa shape index (κ3) is 64.1. The number of carbonyl (C=O) groups is 1. The number of nitrogens with zero attached hydrogens (tertiary/aromatic N) is 1. The van der Waals surface area contributed by atoms with Crippen molar-refractivity contribution in [2.45, 2.75) is 276 Å². The number of rotatable bonds is 59. The molecule has 8 nitrogen and oxygen atoms in total. The summed E-state index contributed by atoms with van der Waals surface area (Å²) < 4.78 is 23.7. The third-order valence-electron chi connectivity index (χ3n) is 14.1. The van der Waals surface area contributed by atoms with Gasteiger partial charge < -0.3 is 19.8 Å². The molecule has 0 aromatic heterocycles. The zero-order valence-electron chi connectivity index (χ0n) is 53.0. The summed E-state index contributed by atoms with van der Waals surface area (Å²) in [5.74, 6) is -0.194. The van der Waals surface area contributed by atoms with Crippen LogP contribution in [-0.2, 0) is 18.4 Å². The van der Waals surface area contributed by atoms with Crippen molar-refractivity contribution >= 4 is 13.7 Å². The van der Waals surface area contributed by atoms with Crippen molar-refractivity contribution in [3.05, 3.63) is 134 Å². The molecule has 9 heteroatoms. The molecule has 0 radical (unpaired) electrons. The molecule has 81 heavy (non-hydrogen) atoms. The van der Waals surface area contributed by atoms with Gasteiger partial charge in [-0.15, -0.1) is 0 Å². The highest BCUT2D eigenvalue weighted by atomic mass is 31.2. The molecule has 0 spiro atoms. The normalized spacial score (nSPS) is 14.6. The highest BCUT2D eigenvalue weighted by Crippen LogP contribution is 2.43. The highest BCUT2D eigenvalue weighted by molar-refractivity contribution is 7.47. The number of hydrogen-bond acceptors (Lipinski definition) is 5. The fourth-order valence-electron chi connectivity index (χ4n) is 8.99. The average molecular weight is 1150 g/mol. The highest BCUT2D eigenvalue weighted by Gasteiger charge is 2.27. The maximum atomic E-state index is 13.0. The first-order chi connectivity index (χ1) is 39.5. The number of allylic oxidation sites excluding steroid dienone is 21. The van der Waals surface area contributed by atoms with Gasteiger partial charge in [-0.3, -0.25) is 13.8 Å². The van der Waals surface area contributed by atoms with Crippen LogP contribution in [0.3, 0.4) is 0 Å². The molecular weight excluding hydrogens is 1020 g/mol. The molecule has 0 saturated heterocycles. The molecule has 0 rings (SSSR count). The minimum Gasteiger partial charge on any atom is -0.387 e. The molecule has 3 unspecified atom stereocenters.